The lowest BCUT2D eigenvalue weighted by molar-refractivity contribution is 1.12. The van der Waals surface area contributed by atoms with Gasteiger partial charge in [-0.05, 0) is 48.5 Å². The Morgan fingerprint density at radius 1 is 0.400 bits per heavy atom. The Hall–Kier alpha value is -4.64. The van der Waals surface area contributed by atoms with Crippen molar-refractivity contribution in [3.8, 4) is 5.69 Å². The molecular weight excluding hydrogens is 525 g/mol. The maximum absolute atomic E-state index is 2.50. The molecule has 6 aromatic carbocycles. The number of anilines is 3. The first-order chi connectivity index (χ1) is 19.8. The summed E-state index contributed by atoms with van der Waals surface area (Å²) in [6.07, 6.45) is 0. The van der Waals surface area contributed by atoms with E-state index in [2.05, 4.69) is 131 Å². The van der Waals surface area contributed by atoms with Gasteiger partial charge in [0.2, 0.25) is 0 Å². The molecule has 4 heterocycles. The van der Waals surface area contributed by atoms with Crippen molar-refractivity contribution in [3.63, 3.8) is 0 Å². The van der Waals surface area contributed by atoms with Crippen molar-refractivity contribution in [2.75, 3.05) is 4.90 Å². The fourth-order valence-corrected chi connectivity index (χ4v) is 9.17. The summed E-state index contributed by atoms with van der Waals surface area (Å²) in [5.74, 6) is 0. The zero-order valence-electron chi connectivity index (χ0n) is 21.3. The molecule has 9 aromatic rings. The smallest absolute Gasteiger partial charge is 0.0783 e. The monoisotopic (exact) mass is 544 g/mol. The summed E-state index contributed by atoms with van der Waals surface area (Å²) in [6.45, 7) is 0. The number of para-hydroxylation sites is 3. The maximum Gasteiger partial charge on any atom is 0.0783 e. The second kappa shape index (κ2) is 7.51. The van der Waals surface area contributed by atoms with E-state index in [0.717, 1.165) is 0 Å². The fourth-order valence-electron chi connectivity index (χ4n) is 6.84. The first-order valence-corrected chi connectivity index (χ1v) is 15.2. The van der Waals surface area contributed by atoms with Crippen LogP contribution in [0.25, 0.3) is 67.8 Å². The van der Waals surface area contributed by atoms with Crippen LogP contribution in [0.4, 0.5) is 17.1 Å². The average Bonchev–Trinajstić information content (AvgIpc) is 3.67. The van der Waals surface area contributed by atoms with Gasteiger partial charge in [0.15, 0.2) is 0 Å². The van der Waals surface area contributed by atoms with Crippen LogP contribution in [0.5, 0.6) is 0 Å². The van der Waals surface area contributed by atoms with Gasteiger partial charge in [0.1, 0.15) is 0 Å². The van der Waals surface area contributed by atoms with Crippen molar-refractivity contribution < 1.29 is 0 Å². The number of thiophene rings is 2. The van der Waals surface area contributed by atoms with Gasteiger partial charge in [-0.2, -0.15) is 0 Å². The van der Waals surface area contributed by atoms with Crippen LogP contribution in [-0.2, 0) is 0 Å². The van der Waals surface area contributed by atoms with Crippen molar-refractivity contribution in [2.45, 2.75) is 0 Å². The highest BCUT2D eigenvalue weighted by Gasteiger charge is 2.30. The summed E-state index contributed by atoms with van der Waals surface area (Å²) >= 11 is 3.78. The minimum Gasteiger partial charge on any atom is -0.305 e. The molecule has 1 aliphatic rings. The van der Waals surface area contributed by atoms with Crippen LogP contribution in [-0.4, -0.2) is 4.57 Å². The first-order valence-electron chi connectivity index (χ1n) is 13.5. The molecule has 10 rings (SSSR count). The highest BCUT2D eigenvalue weighted by atomic mass is 32.1. The summed E-state index contributed by atoms with van der Waals surface area (Å²) in [4.78, 5) is 2.49. The molecule has 0 saturated carbocycles. The Labute approximate surface area is 237 Å². The molecule has 0 saturated heterocycles. The first kappa shape index (κ1) is 21.2. The van der Waals surface area contributed by atoms with Gasteiger partial charge in [-0.25, -0.2) is 0 Å². The highest BCUT2D eigenvalue weighted by molar-refractivity contribution is 7.26. The van der Waals surface area contributed by atoms with E-state index in [4.69, 9.17) is 0 Å². The SMILES string of the molecule is c1ccc2c(c1)N(c1cccc3c1sc1ccccc13)c1cccc3c4cc5sc6ccccc6c5cc4n-2c13. The van der Waals surface area contributed by atoms with Crippen LogP contribution in [0, 0.1) is 0 Å². The Morgan fingerprint density at radius 2 is 1.02 bits per heavy atom. The molecule has 0 unspecified atom stereocenters. The molecule has 4 heteroatoms. The normalized spacial score (nSPS) is 12.9. The summed E-state index contributed by atoms with van der Waals surface area (Å²) in [5, 5.41) is 7.94. The van der Waals surface area contributed by atoms with E-state index in [1.54, 1.807) is 0 Å². The highest BCUT2D eigenvalue weighted by Crippen LogP contribution is 2.53. The molecule has 3 aromatic heterocycles. The molecule has 1 aliphatic heterocycles. The van der Waals surface area contributed by atoms with Crippen LogP contribution in [0.2, 0.25) is 0 Å². The summed E-state index contributed by atoms with van der Waals surface area (Å²) in [5.41, 5.74) is 7.44. The number of fused-ring (bicyclic) bond motifs is 11. The van der Waals surface area contributed by atoms with Gasteiger partial charge in [0.05, 0.1) is 38.5 Å². The Bertz CT molecular complexity index is 2510. The third kappa shape index (κ3) is 2.58. The molecule has 0 aliphatic carbocycles. The Balaban J connectivity index is 1.36. The van der Waals surface area contributed by atoms with Crippen LogP contribution in [0.15, 0.2) is 121 Å². The van der Waals surface area contributed by atoms with E-state index in [1.807, 2.05) is 22.7 Å². The van der Waals surface area contributed by atoms with Crippen LogP contribution < -0.4 is 4.90 Å². The van der Waals surface area contributed by atoms with Crippen molar-refractivity contribution in [1.29, 1.82) is 0 Å². The molecule has 40 heavy (non-hydrogen) atoms. The van der Waals surface area contributed by atoms with E-state index in [1.165, 1.54) is 84.9 Å². The van der Waals surface area contributed by atoms with Crippen molar-refractivity contribution in [2.24, 2.45) is 0 Å². The topological polar surface area (TPSA) is 8.17 Å². The van der Waals surface area contributed by atoms with Gasteiger partial charge in [0.25, 0.3) is 0 Å². The minimum absolute atomic E-state index is 1.21. The van der Waals surface area contributed by atoms with Crippen molar-refractivity contribution >= 4 is 102 Å². The maximum atomic E-state index is 2.50. The molecule has 0 bridgehead atoms. The second-order valence-corrected chi connectivity index (χ2v) is 12.7. The van der Waals surface area contributed by atoms with E-state index < -0.39 is 0 Å². The molecule has 0 atom stereocenters. The third-order valence-electron chi connectivity index (χ3n) is 8.49. The number of hydrogen-bond acceptors (Lipinski definition) is 3. The quantitative estimate of drug-likeness (QED) is 0.199. The standard InChI is InChI=1S/C36H20N2S2/c1-6-18-33-21(9-1)24-12-8-16-30(36(24)40-33)37-27-13-3-4-14-28(27)38-31-19-26-22-10-2-5-17-32(22)39-34(26)20-25(31)23-11-7-15-29(37)35(23)38/h1-20H. The molecule has 2 nitrogen and oxygen atoms in total. The zero-order valence-corrected chi connectivity index (χ0v) is 22.9. The molecule has 0 amide bonds. The van der Waals surface area contributed by atoms with E-state index in [9.17, 15) is 0 Å². The lowest BCUT2D eigenvalue weighted by Gasteiger charge is -2.33. The summed E-state index contributed by atoms with van der Waals surface area (Å²) in [7, 11) is 0. The number of aromatic nitrogens is 1. The number of hydrogen-bond donors (Lipinski definition) is 0. The van der Waals surface area contributed by atoms with Crippen LogP contribution in [0.3, 0.4) is 0 Å². The second-order valence-electron chi connectivity index (χ2n) is 10.5. The fraction of sp³-hybridized carbons (Fsp3) is 0. The largest absolute Gasteiger partial charge is 0.305 e. The van der Waals surface area contributed by atoms with E-state index >= 15 is 0 Å². The summed E-state index contributed by atoms with van der Waals surface area (Å²) < 4.78 is 7.85. The van der Waals surface area contributed by atoms with Crippen LogP contribution >= 0.6 is 22.7 Å². The van der Waals surface area contributed by atoms with Gasteiger partial charge in [-0.3, -0.25) is 0 Å². The van der Waals surface area contributed by atoms with Gasteiger partial charge >= 0.3 is 0 Å². The number of benzene rings is 6. The number of rotatable bonds is 1. The molecule has 0 spiro atoms. The number of nitrogens with zero attached hydrogens (tertiary/aromatic N) is 2. The van der Waals surface area contributed by atoms with Crippen molar-refractivity contribution in [3.05, 3.63) is 121 Å². The predicted molar refractivity (Wildman–Crippen MR) is 175 cm³/mol. The van der Waals surface area contributed by atoms with E-state index in [-0.39, 0.29) is 0 Å². The third-order valence-corrected chi connectivity index (χ3v) is 10.8. The van der Waals surface area contributed by atoms with Gasteiger partial charge in [0, 0.05) is 46.4 Å². The van der Waals surface area contributed by atoms with Crippen molar-refractivity contribution in [1.82, 2.24) is 4.57 Å². The summed E-state index contributed by atoms with van der Waals surface area (Å²) in [6, 6.07) is 44.8. The average molecular weight is 545 g/mol. The molecule has 0 radical (unpaired) electrons. The van der Waals surface area contributed by atoms with Gasteiger partial charge in [-0.1, -0.05) is 72.8 Å². The van der Waals surface area contributed by atoms with Gasteiger partial charge < -0.3 is 9.47 Å². The Kier molecular flexibility index (Phi) is 3.98. The Morgan fingerprint density at radius 3 is 1.88 bits per heavy atom. The molecule has 0 fully saturated rings. The molecule has 186 valence electrons. The predicted octanol–water partition coefficient (Wildman–Crippen LogP) is 11.3. The lowest BCUT2D eigenvalue weighted by atomic mass is 10.1. The van der Waals surface area contributed by atoms with E-state index in [0.29, 0.717) is 0 Å². The minimum atomic E-state index is 1.21. The zero-order chi connectivity index (χ0) is 25.9. The molecular formula is C36H20N2S2. The van der Waals surface area contributed by atoms with Crippen LogP contribution in [0.1, 0.15) is 0 Å². The van der Waals surface area contributed by atoms with Gasteiger partial charge in [-0.15, -0.1) is 22.7 Å². The molecule has 0 N–H and O–H groups in total. The lowest BCUT2D eigenvalue weighted by Crippen LogP contribution is -2.18.